The Bertz CT molecular complexity index is 389. The molecule has 0 aromatic carbocycles. The molecule has 0 radical (unpaired) electrons. The Kier molecular flexibility index (Phi) is 4.93. The average molecular weight is 238 g/mol. The molecular formula is C11H14N2O4. The molecule has 1 aromatic heterocycles. The second-order valence-corrected chi connectivity index (χ2v) is 3.18. The van der Waals surface area contributed by atoms with E-state index in [1.54, 1.807) is 6.07 Å². The van der Waals surface area contributed by atoms with E-state index in [0.717, 1.165) is 6.42 Å². The van der Waals surface area contributed by atoms with E-state index >= 15 is 0 Å². The molecule has 0 unspecified atom stereocenters. The van der Waals surface area contributed by atoms with E-state index in [0.29, 0.717) is 12.3 Å². The molecule has 1 heterocycles. The van der Waals surface area contributed by atoms with Gasteiger partial charge in [0.15, 0.2) is 0 Å². The number of esters is 1. The number of nitrogens with one attached hydrogen (secondary N) is 1. The Morgan fingerprint density at radius 1 is 1.41 bits per heavy atom. The number of carbonyl (C=O) groups excluding carboxylic acids is 2. The van der Waals surface area contributed by atoms with Crippen molar-refractivity contribution in [3.63, 3.8) is 0 Å². The summed E-state index contributed by atoms with van der Waals surface area (Å²) in [6, 6.07) is 3.02. The van der Waals surface area contributed by atoms with Crippen LogP contribution in [0.3, 0.4) is 0 Å². The van der Waals surface area contributed by atoms with Crippen molar-refractivity contribution in [2.45, 2.75) is 13.3 Å². The molecule has 1 N–H and O–H groups in total. The number of aromatic nitrogens is 1. The number of methoxy groups -OCH3 is 1. The first-order valence-corrected chi connectivity index (χ1v) is 5.15. The molecule has 1 aromatic rings. The fraction of sp³-hybridized carbons (Fsp3) is 0.364. The largest absolute Gasteiger partial charge is 0.461 e. The third kappa shape index (κ3) is 4.10. The maximum atomic E-state index is 11.4. The highest BCUT2D eigenvalue weighted by Gasteiger charge is 2.08. The molecule has 6 nitrogen and oxygen atoms in total. The van der Waals surface area contributed by atoms with Crippen molar-refractivity contribution >= 4 is 17.7 Å². The number of pyridine rings is 1. The molecule has 0 aliphatic carbocycles. The number of nitrogens with zero attached hydrogens (tertiary/aromatic N) is 1. The molecule has 0 saturated heterocycles. The highest BCUT2D eigenvalue weighted by Crippen LogP contribution is 2.07. The fourth-order valence-electron chi connectivity index (χ4n) is 1.03. The number of carbonyl (C=O) groups is 2. The summed E-state index contributed by atoms with van der Waals surface area (Å²) in [5, 5.41) is 2.43. The first kappa shape index (κ1) is 13.0. The monoisotopic (exact) mass is 238 g/mol. The van der Waals surface area contributed by atoms with E-state index in [-0.39, 0.29) is 5.69 Å². The van der Waals surface area contributed by atoms with Crippen molar-refractivity contribution in [3.8, 4) is 0 Å². The van der Waals surface area contributed by atoms with Crippen LogP contribution in [0.15, 0.2) is 18.3 Å². The Hall–Kier alpha value is -2.11. The number of ether oxygens (including phenoxy) is 2. The van der Waals surface area contributed by atoms with Crippen molar-refractivity contribution in [3.05, 3.63) is 24.0 Å². The van der Waals surface area contributed by atoms with Crippen molar-refractivity contribution in [2.24, 2.45) is 0 Å². The molecule has 17 heavy (non-hydrogen) atoms. The minimum atomic E-state index is -0.590. The zero-order valence-corrected chi connectivity index (χ0v) is 9.73. The molecule has 0 atom stereocenters. The van der Waals surface area contributed by atoms with Gasteiger partial charge < -0.3 is 9.47 Å². The van der Waals surface area contributed by atoms with Crippen LogP contribution in [0.5, 0.6) is 0 Å². The maximum Gasteiger partial charge on any atom is 0.411 e. The van der Waals surface area contributed by atoms with Crippen LogP contribution in [0, 0.1) is 0 Å². The number of rotatable bonds is 4. The lowest BCUT2D eigenvalue weighted by molar-refractivity contribution is 0.0498. The van der Waals surface area contributed by atoms with Gasteiger partial charge in [-0.25, -0.2) is 14.6 Å². The SMILES string of the molecule is CCCOC(=O)c1ccc(NC(=O)OC)cn1. The summed E-state index contributed by atoms with van der Waals surface area (Å²) < 4.78 is 9.32. The van der Waals surface area contributed by atoms with Crippen LogP contribution in [-0.4, -0.2) is 30.8 Å². The zero-order valence-electron chi connectivity index (χ0n) is 9.73. The maximum absolute atomic E-state index is 11.4. The molecule has 0 aliphatic rings. The number of hydrogen-bond donors (Lipinski definition) is 1. The van der Waals surface area contributed by atoms with E-state index in [1.807, 2.05) is 6.92 Å². The van der Waals surface area contributed by atoms with E-state index in [4.69, 9.17) is 4.74 Å². The van der Waals surface area contributed by atoms with Crippen molar-refractivity contribution in [2.75, 3.05) is 19.0 Å². The summed E-state index contributed by atoms with van der Waals surface area (Å²) in [4.78, 5) is 26.2. The van der Waals surface area contributed by atoms with Crippen molar-refractivity contribution in [1.29, 1.82) is 0 Å². The third-order valence-corrected chi connectivity index (χ3v) is 1.84. The van der Waals surface area contributed by atoms with Crippen LogP contribution >= 0.6 is 0 Å². The minimum Gasteiger partial charge on any atom is -0.461 e. The van der Waals surface area contributed by atoms with Gasteiger partial charge in [0.2, 0.25) is 0 Å². The molecule has 1 amide bonds. The molecule has 0 bridgehead atoms. The van der Waals surface area contributed by atoms with Crippen LogP contribution in [0.2, 0.25) is 0 Å². The lowest BCUT2D eigenvalue weighted by Crippen LogP contribution is -2.12. The lowest BCUT2D eigenvalue weighted by atomic mass is 10.3. The van der Waals surface area contributed by atoms with Crippen LogP contribution in [-0.2, 0) is 9.47 Å². The highest BCUT2D eigenvalue weighted by atomic mass is 16.5. The average Bonchev–Trinajstić information content (AvgIpc) is 2.36. The first-order chi connectivity index (χ1) is 8.17. The first-order valence-electron chi connectivity index (χ1n) is 5.15. The van der Waals surface area contributed by atoms with Gasteiger partial charge in [0.25, 0.3) is 0 Å². The zero-order chi connectivity index (χ0) is 12.7. The van der Waals surface area contributed by atoms with Crippen LogP contribution in [0.4, 0.5) is 10.5 Å². The van der Waals surface area contributed by atoms with Crippen LogP contribution in [0.25, 0.3) is 0 Å². The predicted molar refractivity (Wildman–Crippen MR) is 60.8 cm³/mol. The molecule has 0 aliphatic heterocycles. The highest BCUT2D eigenvalue weighted by molar-refractivity contribution is 5.88. The summed E-state index contributed by atoms with van der Waals surface area (Å²) in [6.07, 6.45) is 1.53. The van der Waals surface area contributed by atoms with Gasteiger partial charge in [-0.2, -0.15) is 0 Å². The molecular weight excluding hydrogens is 224 g/mol. The smallest absolute Gasteiger partial charge is 0.411 e. The van der Waals surface area contributed by atoms with E-state index in [9.17, 15) is 9.59 Å². The summed E-state index contributed by atoms with van der Waals surface area (Å²) >= 11 is 0. The van der Waals surface area contributed by atoms with Crippen LogP contribution < -0.4 is 5.32 Å². The minimum absolute atomic E-state index is 0.203. The van der Waals surface area contributed by atoms with Gasteiger partial charge in [0, 0.05) is 0 Å². The molecule has 92 valence electrons. The van der Waals surface area contributed by atoms with E-state index < -0.39 is 12.1 Å². The number of amides is 1. The topological polar surface area (TPSA) is 77.5 Å². The summed E-state index contributed by atoms with van der Waals surface area (Å²) in [7, 11) is 1.26. The van der Waals surface area contributed by atoms with Gasteiger partial charge in [-0.05, 0) is 18.6 Å². The van der Waals surface area contributed by atoms with Crippen LogP contribution in [0.1, 0.15) is 23.8 Å². The van der Waals surface area contributed by atoms with Gasteiger partial charge >= 0.3 is 12.1 Å². The van der Waals surface area contributed by atoms with E-state index in [1.165, 1.54) is 19.4 Å². The summed E-state index contributed by atoms with van der Waals surface area (Å²) in [5.41, 5.74) is 0.651. The standard InChI is InChI=1S/C11H14N2O4/c1-3-6-17-10(14)9-5-4-8(7-12-9)13-11(15)16-2/h4-5,7H,3,6H2,1-2H3,(H,13,15). The summed E-state index contributed by atoms with van der Waals surface area (Å²) in [5.74, 6) is -0.475. The normalized spacial score (nSPS) is 9.53. The third-order valence-electron chi connectivity index (χ3n) is 1.84. The molecule has 6 heteroatoms. The van der Waals surface area contributed by atoms with Crippen molar-refractivity contribution in [1.82, 2.24) is 4.98 Å². The predicted octanol–water partition coefficient (Wildman–Crippen LogP) is 1.83. The molecule has 0 saturated carbocycles. The quantitative estimate of drug-likeness (QED) is 0.809. The van der Waals surface area contributed by atoms with Gasteiger partial charge in [-0.1, -0.05) is 6.92 Å². The number of hydrogen-bond acceptors (Lipinski definition) is 5. The Morgan fingerprint density at radius 2 is 2.18 bits per heavy atom. The van der Waals surface area contributed by atoms with Gasteiger partial charge in [0.05, 0.1) is 25.6 Å². The Balaban J connectivity index is 2.61. The fourth-order valence-corrected chi connectivity index (χ4v) is 1.03. The van der Waals surface area contributed by atoms with Gasteiger partial charge in [0.1, 0.15) is 5.69 Å². The molecule has 0 fully saturated rings. The van der Waals surface area contributed by atoms with Gasteiger partial charge in [-0.15, -0.1) is 0 Å². The second-order valence-electron chi connectivity index (χ2n) is 3.18. The summed E-state index contributed by atoms with van der Waals surface area (Å²) in [6.45, 7) is 2.27. The van der Waals surface area contributed by atoms with E-state index in [2.05, 4.69) is 15.0 Å². The van der Waals surface area contributed by atoms with Gasteiger partial charge in [-0.3, -0.25) is 5.32 Å². The molecule has 1 rings (SSSR count). The Labute approximate surface area is 98.9 Å². The number of anilines is 1. The molecule has 0 spiro atoms. The lowest BCUT2D eigenvalue weighted by Gasteiger charge is -2.04. The van der Waals surface area contributed by atoms with Crippen molar-refractivity contribution < 1.29 is 19.1 Å². The second kappa shape index (κ2) is 6.47. The Morgan fingerprint density at radius 3 is 2.71 bits per heavy atom.